The first kappa shape index (κ1) is 17.3. The van der Waals surface area contributed by atoms with Gasteiger partial charge in [0.1, 0.15) is 21.5 Å². The average molecular weight is 308 g/mol. The number of unbranched alkanes of at least 4 members (excludes halogenated alkanes) is 1. The molecule has 0 atom stereocenters. The van der Waals surface area contributed by atoms with Gasteiger partial charge in [0.25, 0.3) is 5.91 Å². The lowest BCUT2D eigenvalue weighted by atomic mass is 10.2. The van der Waals surface area contributed by atoms with Crippen LogP contribution in [0.1, 0.15) is 55.3 Å². The summed E-state index contributed by atoms with van der Waals surface area (Å²) in [4.78, 5) is 14.7. The van der Waals surface area contributed by atoms with Crippen molar-refractivity contribution >= 4 is 27.9 Å². The first-order valence-electron chi connectivity index (χ1n) is 7.46. The Balaban J connectivity index is 3.10. The van der Waals surface area contributed by atoms with E-state index in [4.69, 9.17) is 5.73 Å². The van der Waals surface area contributed by atoms with Crippen molar-refractivity contribution in [3.05, 3.63) is 10.4 Å². The summed E-state index contributed by atoms with van der Waals surface area (Å²) in [5.41, 5.74) is 6.75. The Kier molecular flexibility index (Phi) is 7.03. The Morgan fingerprint density at radius 3 is 2.62 bits per heavy atom. The fraction of sp³-hybridized carbons (Fsp3) is 0.600. The number of anilines is 2. The zero-order chi connectivity index (χ0) is 15.8. The molecule has 21 heavy (non-hydrogen) atoms. The van der Waals surface area contributed by atoms with Crippen molar-refractivity contribution in [3.63, 3.8) is 0 Å². The third-order valence-electron chi connectivity index (χ3n) is 3.23. The van der Waals surface area contributed by atoms with E-state index in [1.54, 1.807) is 0 Å². The molecule has 0 spiro atoms. The van der Waals surface area contributed by atoms with E-state index in [1.807, 2.05) is 13.8 Å². The maximum atomic E-state index is 12.1. The minimum Gasteiger partial charge on any atom is -0.396 e. The molecule has 0 saturated carbocycles. The molecule has 0 radical (unpaired) electrons. The summed E-state index contributed by atoms with van der Waals surface area (Å²) in [6.07, 6.45) is 3.00. The summed E-state index contributed by atoms with van der Waals surface area (Å²) in [5, 5.41) is 13.0. The van der Waals surface area contributed by atoms with Crippen molar-refractivity contribution in [2.45, 2.75) is 40.0 Å². The second kappa shape index (κ2) is 8.53. The maximum absolute atomic E-state index is 12.1. The van der Waals surface area contributed by atoms with Gasteiger partial charge in [0.2, 0.25) is 0 Å². The van der Waals surface area contributed by atoms with Gasteiger partial charge in [-0.1, -0.05) is 20.3 Å². The summed E-state index contributed by atoms with van der Waals surface area (Å²) in [6, 6.07) is 2.15. The van der Waals surface area contributed by atoms with E-state index >= 15 is 0 Å². The van der Waals surface area contributed by atoms with E-state index in [0.717, 1.165) is 37.4 Å². The Morgan fingerprint density at radius 1 is 1.38 bits per heavy atom. The Bertz CT molecular complexity index is 518. The number of rotatable bonds is 8. The molecular formula is C15H24N4OS. The normalized spacial score (nSPS) is 10.2. The molecule has 116 valence electrons. The van der Waals surface area contributed by atoms with Gasteiger partial charge in [-0.15, -0.1) is 11.3 Å². The summed E-state index contributed by atoms with van der Waals surface area (Å²) in [7, 11) is 0. The number of nitriles is 1. The maximum Gasteiger partial charge on any atom is 0.263 e. The highest BCUT2D eigenvalue weighted by Gasteiger charge is 2.23. The summed E-state index contributed by atoms with van der Waals surface area (Å²) < 4.78 is 0. The Hall–Kier alpha value is -1.74. The van der Waals surface area contributed by atoms with Gasteiger partial charge < -0.3 is 16.0 Å². The average Bonchev–Trinajstić information content (AvgIpc) is 2.82. The van der Waals surface area contributed by atoms with E-state index in [2.05, 4.69) is 23.2 Å². The highest BCUT2D eigenvalue weighted by atomic mass is 32.1. The summed E-state index contributed by atoms with van der Waals surface area (Å²) in [6.45, 7) is 8.45. The first-order valence-corrected chi connectivity index (χ1v) is 8.27. The molecule has 1 aromatic heterocycles. The molecule has 6 heteroatoms. The van der Waals surface area contributed by atoms with Gasteiger partial charge in [-0.25, -0.2) is 0 Å². The van der Waals surface area contributed by atoms with Crippen LogP contribution in [0.2, 0.25) is 0 Å². The molecule has 0 aliphatic rings. The highest BCUT2D eigenvalue weighted by Crippen LogP contribution is 2.37. The summed E-state index contributed by atoms with van der Waals surface area (Å²) in [5.74, 6) is -0.186. The number of amides is 1. The van der Waals surface area contributed by atoms with Crippen LogP contribution in [0.4, 0.5) is 10.7 Å². The van der Waals surface area contributed by atoms with Crippen LogP contribution in [-0.4, -0.2) is 25.5 Å². The lowest BCUT2D eigenvalue weighted by Crippen LogP contribution is -2.24. The van der Waals surface area contributed by atoms with Gasteiger partial charge in [0, 0.05) is 19.6 Å². The second-order valence-corrected chi connectivity index (χ2v) is 5.83. The topological polar surface area (TPSA) is 82.2 Å². The predicted molar refractivity (Wildman–Crippen MR) is 88.9 cm³/mol. The molecule has 0 aliphatic heterocycles. The smallest absolute Gasteiger partial charge is 0.263 e. The van der Waals surface area contributed by atoms with Gasteiger partial charge in [-0.3, -0.25) is 4.79 Å². The standard InChI is InChI=1S/C15H24N4OS/c1-4-7-9-19(6-3)15-11(10-16)12(17)13(21-15)14(20)18-8-5-2/h4-9,17H2,1-3H3,(H,18,20). The minimum absolute atomic E-state index is 0.186. The van der Waals surface area contributed by atoms with Crippen LogP contribution < -0.4 is 16.0 Å². The lowest BCUT2D eigenvalue weighted by Gasteiger charge is -2.21. The predicted octanol–water partition coefficient (Wildman–Crippen LogP) is 2.97. The molecule has 1 heterocycles. The third-order valence-corrected chi connectivity index (χ3v) is 4.50. The monoisotopic (exact) mass is 308 g/mol. The summed E-state index contributed by atoms with van der Waals surface area (Å²) >= 11 is 1.32. The number of hydrogen-bond acceptors (Lipinski definition) is 5. The highest BCUT2D eigenvalue weighted by molar-refractivity contribution is 7.19. The molecule has 0 fully saturated rings. The SMILES string of the molecule is CCCCN(CC)c1sc(C(=O)NCCC)c(N)c1C#N. The van der Waals surface area contributed by atoms with E-state index in [9.17, 15) is 10.1 Å². The van der Waals surface area contributed by atoms with Crippen molar-refractivity contribution in [1.82, 2.24) is 5.32 Å². The van der Waals surface area contributed by atoms with E-state index in [-0.39, 0.29) is 5.91 Å². The van der Waals surface area contributed by atoms with Crippen LogP contribution in [0.25, 0.3) is 0 Å². The van der Waals surface area contributed by atoms with Gasteiger partial charge in [0.15, 0.2) is 0 Å². The van der Waals surface area contributed by atoms with E-state index < -0.39 is 0 Å². The van der Waals surface area contributed by atoms with Gasteiger partial charge in [-0.2, -0.15) is 5.26 Å². The van der Waals surface area contributed by atoms with Crippen LogP contribution >= 0.6 is 11.3 Å². The van der Waals surface area contributed by atoms with Crippen LogP contribution in [-0.2, 0) is 0 Å². The second-order valence-electron chi connectivity index (χ2n) is 4.83. The molecule has 0 unspecified atom stereocenters. The number of nitrogens with zero attached hydrogens (tertiary/aromatic N) is 2. The molecule has 0 bridgehead atoms. The Labute approximate surface area is 130 Å². The molecular weight excluding hydrogens is 284 g/mol. The molecule has 3 N–H and O–H groups in total. The van der Waals surface area contributed by atoms with Gasteiger partial charge in [-0.05, 0) is 19.8 Å². The minimum atomic E-state index is -0.186. The number of nitrogens with one attached hydrogen (secondary N) is 1. The molecule has 1 rings (SSSR count). The van der Waals surface area contributed by atoms with Crippen molar-refractivity contribution in [1.29, 1.82) is 5.26 Å². The van der Waals surface area contributed by atoms with Crippen molar-refractivity contribution in [2.75, 3.05) is 30.3 Å². The molecule has 0 saturated heterocycles. The molecule has 1 amide bonds. The van der Waals surface area contributed by atoms with E-state index in [0.29, 0.717) is 22.7 Å². The fourth-order valence-electron chi connectivity index (χ4n) is 2.00. The zero-order valence-electron chi connectivity index (χ0n) is 13.0. The number of nitrogens with two attached hydrogens (primary N) is 1. The van der Waals surface area contributed by atoms with Gasteiger partial charge >= 0.3 is 0 Å². The first-order chi connectivity index (χ1) is 10.1. The number of hydrogen-bond donors (Lipinski definition) is 2. The fourth-order valence-corrected chi connectivity index (χ4v) is 3.18. The molecule has 0 aliphatic carbocycles. The number of carbonyl (C=O) groups excluding carboxylic acids is 1. The van der Waals surface area contributed by atoms with Crippen molar-refractivity contribution in [2.24, 2.45) is 0 Å². The zero-order valence-corrected chi connectivity index (χ0v) is 13.8. The van der Waals surface area contributed by atoms with Crippen LogP contribution in [0, 0.1) is 11.3 Å². The van der Waals surface area contributed by atoms with Crippen LogP contribution in [0.5, 0.6) is 0 Å². The number of nitrogen functional groups attached to an aromatic ring is 1. The van der Waals surface area contributed by atoms with Crippen LogP contribution in [0.3, 0.4) is 0 Å². The molecule has 5 nitrogen and oxygen atoms in total. The number of carbonyl (C=O) groups is 1. The largest absolute Gasteiger partial charge is 0.396 e. The lowest BCUT2D eigenvalue weighted by molar-refractivity contribution is 0.0958. The van der Waals surface area contributed by atoms with Crippen LogP contribution in [0.15, 0.2) is 0 Å². The quantitative estimate of drug-likeness (QED) is 0.773. The molecule has 0 aromatic carbocycles. The number of thiophene rings is 1. The third kappa shape index (κ3) is 4.11. The Morgan fingerprint density at radius 2 is 2.10 bits per heavy atom. The van der Waals surface area contributed by atoms with Crippen molar-refractivity contribution < 1.29 is 4.79 Å². The van der Waals surface area contributed by atoms with E-state index in [1.165, 1.54) is 11.3 Å². The van der Waals surface area contributed by atoms with Crippen molar-refractivity contribution in [3.8, 4) is 6.07 Å². The molecule has 1 aromatic rings. The van der Waals surface area contributed by atoms with Gasteiger partial charge in [0.05, 0.1) is 5.69 Å².